The molecule has 0 unspecified atom stereocenters. The molecule has 0 aliphatic heterocycles. The zero-order valence-corrected chi connectivity index (χ0v) is 5.55. The monoisotopic (exact) mass is 136 g/mol. The van der Waals surface area contributed by atoms with Gasteiger partial charge >= 0.3 is 0 Å². The zero-order chi connectivity index (χ0) is 6.85. The number of terminal acetylenes is 1. The normalized spacial score (nSPS) is 8.10. The summed E-state index contributed by atoms with van der Waals surface area (Å²) < 4.78 is 1.76. The summed E-state index contributed by atoms with van der Waals surface area (Å²) in [5, 5.41) is 3.96. The highest BCUT2D eigenvalue weighted by molar-refractivity contribution is 5.33. The van der Waals surface area contributed by atoms with E-state index in [0.29, 0.717) is 0 Å². The smallest absolute Gasteiger partial charge is 0.0651 e. The van der Waals surface area contributed by atoms with E-state index >= 15 is 0 Å². The van der Waals surface area contributed by atoms with E-state index in [-0.39, 0.29) is 7.43 Å². The Hall–Kier alpha value is -1.23. The van der Waals surface area contributed by atoms with Crippen LogP contribution in [0.4, 0.5) is 0 Å². The fraction of sp³-hybridized carbons (Fsp3) is 0.375. The molecule has 1 rings (SSSR count). The average molecular weight is 136 g/mol. The molecule has 0 aliphatic rings. The Labute approximate surface area is 61.9 Å². The first-order chi connectivity index (χ1) is 4.25. The van der Waals surface area contributed by atoms with Crippen molar-refractivity contribution >= 4 is 0 Å². The summed E-state index contributed by atoms with van der Waals surface area (Å²) >= 11 is 0. The van der Waals surface area contributed by atoms with Gasteiger partial charge in [-0.25, -0.2) is 0 Å². The highest BCUT2D eigenvalue weighted by Crippen LogP contribution is 2.01. The van der Waals surface area contributed by atoms with Crippen LogP contribution < -0.4 is 0 Å². The molecular formula is C8H12N2. The fourth-order valence-electron chi connectivity index (χ4n) is 0.640. The van der Waals surface area contributed by atoms with Crippen molar-refractivity contribution < 1.29 is 0 Å². The van der Waals surface area contributed by atoms with Crippen molar-refractivity contribution in [3.63, 3.8) is 0 Å². The van der Waals surface area contributed by atoms with E-state index in [9.17, 15) is 0 Å². The molecule has 0 bridgehead atoms. The maximum atomic E-state index is 5.16. The van der Waals surface area contributed by atoms with Crippen LogP contribution in [0.25, 0.3) is 0 Å². The van der Waals surface area contributed by atoms with Crippen LogP contribution in [0, 0.1) is 19.3 Å². The van der Waals surface area contributed by atoms with Gasteiger partial charge in [-0.1, -0.05) is 13.3 Å². The van der Waals surface area contributed by atoms with Gasteiger partial charge in [0.2, 0.25) is 0 Å². The van der Waals surface area contributed by atoms with Crippen molar-refractivity contribution in [3.05, 3.63) is 17.5 Å². The van der Waals surface area contributed by atoms with Crippen LogP contribution in [0.2, 0.25) is 0 Å². The van der Waals surface area contributed by atoms with Gasteiger partial charge < -0.3 is 0 Å². The Morgan fingerprint density at radius 3 is 2.50 bits per heavy atom. The third-order valence-corrected chi connectivity index (χ3v) is 1.39. The number of nitrogens with zero attached hydrogens (tertiary/aromatic N) is 2. The summed E-state index contributed by atoms with van der Waals surface area (Å²) in [4.78, 5) is 0. The third kappa shape index (κ3) is 1.19. The predicted molar refractivity (Wildman–Crippen MR) is 42.6 cm³/mol. The van der Waals surface area contributed by atoms with Crippen molar-refractivity contribution in [2.45, 2.75) is 14.4 Å². The molecule has 10 heavy (non-hydrogen) atoms. The predicted octanol–water partition coefficient (Wildman–Crippen LogP) is 1.35. The highest BCUT2D eigenvalue weighted by Gasteiger charge is 1.96. The van der Waals surface area contributed by atoms with Gasteiger partial charge in [-0.15, -0.1) is 6.42 Å². The van der Waals surface area contributed by atoms with Crippen LogP contribution in [0.3, 0.4) is 0 Å². The third-order valence-electron chi connectivity index (χ3n) is 1.39. The maximum absolute atomic E-state index is 5.16. The zero-order valence-electron chi connectivity index (χ0n) is 5.55. The van der Waals surface area contributed by atoms with E-state index in [1.54, 1.807) is 10.9 Å². The molecule has 0 radical (unpaired) electrons. The molecule has 2 heteroatoms. The van der Waals surface area contributed by atoms with Crippen LogP contribution in [0.15, 0.2) is 6.20 Å². The Bertz CT molecular complexity index is 253. The van der Waals surface area contributed by atoms with Gasteiger partial charge in [0.15, 0.2) is 0 Å². The lowest BCUT2D eigenvalue weighted by molar-refractivity contribution is 0.740. The second kappa shape index (κ2) is 3.07. The van der Waals surface area contributed by atoms with E-state index in [4.69, 9.17) is 6.42 Å². The second-order valence-electron chi connectivity index (χ2n) is 1.91. The standard InChI is InChI=1S/C7H8N2.CH4/c1-4-7-5-8-9(3)6(7)2;/h1,5H,2-3H3;1H4. The quantitative estimate of drug-likeness (QED) is 0.492. The molecule has 1 aromatic heterocycles. The van der Waals surface area contributed by atoms with Gasteiger partial charge in [-0.3, -0.25) is 4.68 Å². The van der Waals surface area contributed by atoms with E-state index < -0.39 is 0 Å². The van der Waals surface area contributed by atoms with Gasteiger partial charge in [0.05, 0.1) is 17.5 Å². The van der Waals surface area contributed by atoms with Crippen molar-refractivity contribution in [3.8, 4) is 12.3 Å². The van der Waals surface area contributed by atoms with Crippen LogP contribution in [0.1, 0.15) is 18.7 Å². The molecule has 0 aromatic carbocycles. The molecule has 2 nitrogen and oxygen atoms in total. The summed E-state index contributed by atoms with van der Waals surface area (Å²) in [5.41, 5.74) is 1.91. The van der Waals surface area contributed by atoms with Crippen molar-refractivity contribution in [1.29, 1.82) is 0 Å². The summed E-state index contributed by atoms with van der Waals surface area (Å²) in [6.45, 7) is 1.95. The number of aromatic nitrogens is 2. The van der Waals surface area contributed by atoms with Gasteiger partial charge in [0.25, 0.3) is 0 Å². The largest absolute Gasteiger partial charge is 0.272 e. The van der Waals surface area contributed by atoms with E-state index in [1.807, 2.05) is 14.0 Å². The van der Waals surface area contributed by atoms with Crippen molar-refractivity contribution in [2.24, 2.45) is 7.05 Å². The van der Waals surface area contributed by atoms with Gasteiger partial charge in [-0.2, -0.15) is 5.10 Å². The number of aryl methyl sites for hydroxylation is 1. The molecule has 0 spiro atoms. The average Bonchev–Trinajstić information content (AvgIpc) is 2.15. The Morgan fingerprint density at radius 2 is 2.30 bits per heavy atom. The van der Waals surface area contributed by atoms with E-state index in [0.717, 1.165) is 11.3 Å². The fourth-order valence-corrected chi connectivity index (χ4v) is 0.640. The van der Waals surface area contributed by atoms with E-state index in [2.05, 4.69) is 11.0 Å². The summed E-state index contributed by atoms with van der Waals surface area (Å²) in [7, 11) is 1.87. The Kier molecular flexibility index (Phi) is 2.69. The maximum Gasteiger partial charge on any atom is 0.0651 e. The first-order valence-corrected chi connectivity index (χ1v) is 2.71. The lowest BCUT2D eigenvalue weighted by Crippen LogP contribution is -1.92. The number of rotatable bonds is 0. The molecule has 0 N–H and O–H groups in total. The van der Waals surface area contributed by atoms with Gasteiger partial charge in [-0.05, 0) is 6.92 Å². The number of hydrogen-bond donors (Lipinski definition) is 0. The van der Waals surface area contributed by atoms with Crippen molar-refractivity contribution in [2.75, 3.05) is 0 Å². The number of hydrogen-bond acceptors (Lipinski definition) is 1. The lowest BCUT2D eigenvalue weighted by Gasteiger charge is -1.90. The minimum absolute atomic E-state index is 0. The molecule has 0 fully saturated rings. The second-order valence-corrected chi connectivity index (χ2v) is 1.91. The summed E-state index contributed by atoms with van der Waals surface area (Å²) in [6.07, 6.45) is 6.85. The van der Waals surface area contributed by atoms with E-state index in [1.165, 1.54) is 0 Å². The van der Waals surface area contributed by atoms with Gasteiger partial charge in [0, 0.05) is 7.05 Å². The first kappa shape index (κ1) is 8.77. The molecular weight excluding hydrogens is 124 g/mol. The van der Waals surface area contributed by atoms with Crippen molar-refractivity contribution in [1.82, 2.24) is 9.78 Å². The van der Waals surface area contributed by atoms with Gasteiger partial charge in [0.1, 0.15) is 0 Å². The lowest BCUT2D eigenvalue weighted by atomic mass is 10.3. The molecule has 1 heterocycles. The molecule has 0 aliphatic carbocycles. The first-order valence-electron chi connectivity index (χ1n) is 2.71. The minimum Gasteiger partial charge on any atom is -0.272 e. The highest BCUT2D eigenvalue weighted by atomic mass is 15.3. The molecule has 0 saturated heterocycles. The SMILES string of the molecule is C.C#Cc1cnn(C)c1C. The van der Waals surface area contributed by atoms with Crippen LogP contribution >= 0.6 is 0 Å². The van der Waals surface area contributed by atoms with Crippen LogP contribution in [-0.2, 0) is 7.05 Å². The Morgan fingerprint density at radius 1 is 1.70 bits per heavy atom. The van der Waals surface area contributed by atoms with Crippen LogP contribution in [-0.4, -0.2) is 9.78 Å². The molecule has 1 aromatic rings. The Balaban J connectivity index is 0.000000810. The molecule has 0 atom stereocenters. The summed E-state index contributed by atoms with van der Waals surface area (Å²) in [6, 6.07) is 0. The topological polar surface area (TPSA) is 17.8 Å². The minimum atomic E-state index is 0. The summed E-state index contributed by atoms with van der Waals surface area (Å²) in [5.74, 6) is 2.53. The molecule has 0 saturated carbocycles. The molecule has 0 amide bonds. The van der Waals surface area contributed by atoms with Crippen LogP contribution in [0.5, 0.6) is 0 Å². The molecule has 54 valence electrons.